The third kappa shape index (κ3) is 3.85. The van der Waals surface area contributed by atoms with Gasteiger partial charge in [-0.3, -0.25) is 9.59 Å². The second-order valence-corrected chi connectivity index (χ2v) is 11.8. The lowest BCUT2D eigenvalue weighted by Crippen LogP contribution is -2.59. The van der Waals surface area contributed by atoms with Crippen molar-refractivity contribution in [3.63, 3.8) is 0 Å². The maximum atomic E-state index is 13.6. The number of piperazine rings is 1. The van der Waals surface area contributed by atoms with E-state index in [9.17, 15) is 14.7 Å². The topological polar surface area (TPSA) is 87.9 Å². The van der Waals surface area contributed by atoms with Crippen LogP contribution in [0.4, 0.5) is 11.4 Å². The Morgan fingerprint density at radius 1 is 1.08 bits per heavy atom. The molecule has 2 heterocycles. The molecule has 2 atom stereocenters. The first-order chi connectivity index (χ1) is 17.3. The van der Waals surface area contributed by atoms with Crippen LogP contribution >= 0.6 is 11.6 Å². The molecule has 5 fully saturated rings. The van der Waals surface area contributed by atoms with Gasteiger partial charge >= 0.3 is 5.97 Å². The van der Waals surface area contributed by atoms with Gasteiger partial charge < -0.3 is 19.6 Å². The van der Waals surface area contributed by atoms with Crippen LogP contribution in [0, 0.1) is 17.3 Å². The first-order valence-electron chi connectivity index (χ1n) is 12.9. The van der Waals surface area contributed by atoms with Crippen LogP contribution in [-0.2, 0) is 10.3 Å². The van der Waals surface area contributed by atoms with E-state index in [1.54, 1.807) is 18.0 Å². The summed E-state index contributed by atoms with van der Waals surface area (Å²) in [5, 5.41) is 14.5. The third-order valence-electron chi connectivity index (χ3n) is 9.07. The lowest BCUT2D eigenvalue weighted by atomic mass is 9.46. The Labute approximate surface area is 215 Å². The smallest absolute Gasteiger partial charge is 0.303 e. The zero-order valence-corrected chi connectivity index (χ0v) is 21.4. The monoisotopic (exact) mass is 512 g/mol. The molecule has 5 aliphatic rings. The van der Waals surface area contributed by atoms with Crippen molar-refractivity contribution in [2.45, 2.75) is 50.5 Å². The van der Waals surface area contributed by atoms with Crippen LogP contribution in [-0.4, -0.2) is 54.1 Å². The fraction of sp³-hybridized carbons (Fsp3) is 0.593. The maximum absolute atomic E-state index is 13.6. The van der Waals surface area contributed by atoms with E-state index in [0.717, 1.165) is 69.7 Å². The van der Waals surface area contributed by atoms with Crippen LogP contribution in [0.2, 0.25) is 5.02 Å². The molecule has 2 unspecified atom stereocenters. The standard InChI is InChI=1S/C27H33ClN4O4/c1-36-22-5-3-2-4-20(22)30-6-8-31(9-7-30)21-16-29-32(25(35)24(21)28)27-13-18-10-19(14-27)12-26(11-18,17-27)15-23(33)34/h2-5,16,18-19H,6-15,17H2,1H3,(H,33,34). The Balaban J connectivity index is 1.24. The number of halogens is 1. The number of hydrogen-bond acceptors (Lipinski definition) is 6. The van der Waals surface area contributed by atoms with E-state index in [2.05, 4.69) is 15.9 Å². The van der Waals surface area contributed by atoms with Crippen molar-refractivity contribution in [2.75, 3.05) is 43.1 Å². The van der Waals surface area contributed by atoms with Crippen molar-refractivity contribution in [2.24, 2.45) is 17.3 Å². The molecular formula is C27H33ClN4O4. The van der Waals surface area contributed by atoms with Crippen LogP contribution in [0.15, 0.2) is 35.3 Å². The number of anilines is 2. The summed E-state index contributed by atoms with van der Waals surface area (Å²) in [6, 6.07) is 8.00. The molecule has 0 radical (unpaired) electrons. The van der Waals surface area contributed by atoms with E-state index < -0.39 is 11.5 Å². The summed E-state index contributed by atoms with van der Waals surface area (Å²) in [5.74, 6) is 1.03. The highest BCUT2D eigenvalue weighted by molar-refractivity contribution is 6.33. The van der Waals surface area contributed by atoms with Crippen LogP contribution in [0.3, 0.4) is 0 Å². The highest BCUT2D eigenvalue weighted by Crippen LogP contribution is 2.65. The van der Waals surface area contributed by atoms with E-state index >= 15 is 0 Å². The predicted molar refractivity (Wildman–Crippen MR) is 138 cm³/mol. The molecule has 36 heavy (non-hydrogen) atoms. The molecule has 1 saturated heterocycles. The van der Waals surface area contributed by atoms with Gasteiger partial charge in [0.2, 0.25) is 0 Å². The van der Waals surface area contributed by atoms with Crippen molar-refractivity contribution in [3.8, 4) is 5.75 Å². The number of methoxy groups -OCH3 is 1. The van der Waals surface area contributed by atoms with E-state index in [1.165, 1.54) is 0 Å². The second kappa shape index (κ2) is 8.68. The molecule has 1 aromatic heterocycles. The molecule has 192 valence electrons. The molecule has 9 heteroatoms. The van der Waals surface area contributed by atoms with Gasteiger partial charge in [0, 0.05) is 26.2 Å². The summed E-state index contributed by atoms with van der Waals surface area (Å²) < 4.78 is 7.16. The Kier molecular flexibility index (Phi) is 5.70. The highest BCUT2D eigenvalue weighted by atomic mass is 35.5. The van der Waals surface area contributed by atoms with Crippen molar-refractivity contribution in [1.82, 2.24) is 9.78 Å². The molecule has 1 N–H and O–H groups in total. The zero-order chi connectivity index (χ0) is 25.1. The summed E-state index contributed by atoms with van der Waals surface area (Å²) in [7, 11) is 1.68. The average Bonchev–Trinajstić information content (AvgIpc) is 2.84. The Morgan fingerprint density at radius 2 is 1.72 bits per heavy atom. The molecule has 8 nitrogen and oxygen atoms in total. The number of aromatic nitrogens is 2. The number of nitrogens with zero attached hydrogens (tertiary/aromatic N) is 4. The first-order valence-corrected chi connectivity index (χ1v) is 13.3. The van der Waals surface area contributed by atoms with E-state index in [1.807, 2.05) is 18.2 Å². The average molecular weight is 513 g/mol. The molecule has 4 aliphatic carbocycles. The van der Waals surface area contributed by atoms with Crippen molar-refractivity contribution in [1.29, 1.82) is 0 Å². The third-order valence-corrected chi connectivity index (χ3v) is 9.43. The number of ether oxygens (including phenoxy) is 1. The number of carbonyl (C=O) groups is 1. The van der Waals surface area contributed by atoms with E-state index in [-0.39, 0.29) is 22.4 Å². The summed E-state index contributed by atoms with van der Waals surface area (Å²) in [6.07, 6.45) is 7.47. The number of benzene rings is 1. The number of hydrogen-bond donors (Lipinski definition) is 1. The van der Waals surface area contributed by atoms with Gasteiger partial charge in [0.15, 0.2) is 0 Å². The van der Waals surface area contributed by atoms with Gasteiger partial charge in [0.1, 0.15) is 10.8 Å². The van der Waals surface area contributed by atoms with Gasteiger partial charge in [-0.25, -0.2) is 4.68 Å². The molecule has 1 aromatic carbocycles. The van der Waals surface area contributed by atoms with Crippen LogP contribution in [0.25, 0.3) is 0 Å². The normalized spacial score (nSPS) is 31.1. The van der Waals surface area contributed by atoms with Crippen LogP contribution in [0.5, 0.6) is 5.75 Å². The fourth-order valence-electron chi connectivity index (χ4n) is 8.24. The Hall–Kier alpha value is -2.74. The summed E-state index contributed by atoms with van der Waals surface area (Å²) in [5.41, 5.74) is 0.867. The molecule has 4 bridgehead atoms. The molecule has 1 aliphatic heterocycles. The Morgan fingerprint density at radius 3 is 2.36 bits per heavy atom. The summed E-state index contributed by atoms with van der Waals surface area (Å²) in [4.78, 5) is 29.8. The summed E-state index contributed by atoms with van der Waals surface area (Å²) in [6.45, 7) is 3.01. The van der Waals surface area contributed by atoms with Crippen LogP contribution in [0.1, 0.15) is 44.9 Å². The number of aliphatic carboxylic acids is 1. The predicted octanol–water partition coefficient (Wildman–Crippen LogP) is 4.00. The lowest BCUT2D eigenvalue weighted by molar-refractivity contribution is -0.151. The zero-order valence-electron chi connectivity index (χ0n) is 20.7. The quantitative estimate of drug-likeness (QED) is 0.625. The molecular weight excluding hydrogens is 480 g/mol. The minimum absolute atomic E-state index is 0.179. The molecule has 4 saturated carbocycles. The SMILES string of the molecule is COc1ccccc1N1CCN(c2cnn(C34CC5CC(CC(CC(=O)O)(C5)C3)C4)c(=O)c2Cl)CC1. The summed E-state index contributed by atoms with van der Waals surface area (Å²) >= 11 is 6.75. The molecule has 2 aromatic rings. The van der Waals surface area contributed by atoms with Crippen molar-refractivity contribution in [3.05, 3.63) is 45.8 Å². The van der Waals surface area contributed by atoms with Gasteiger partial charge in [0.25, 0.3) is 5.56 Å². The number of carboxylic acids is 1. The molecule has 7 rings (SSSR count). The van der Waals surface area contributed by atoms with Gasteiger partial charge in [-0.1, -0.05) is 23.7 Å². The molecule has 0 spiro atoms. The fourth-order valence-corrected chi connectivity index (χ4v) is 8.49. The lowest BCUT2D eigenvalue weighted by Gasteiger charge is -2.61. The largest absolute Gasteiger partial charge is 0.495 e. The van der Waals surface area contributed by atoms with Gasteiger partial charge in [-0.05, 0) is 67.9 Å². The number of carboxylic acid groups (broad SMARTS) is 1. The first kappa shape index (κ1) is 23.6. The van der Waals surface area contributed by atoms with Gasteiger partial charge in [0.05, 0.1) is 36.6 Å². The minimum atomic E-state index is -0.743. The van der Waals surface area contributed by atoms with E-state index in [0.29, 0.717) is 23.9 Å². The molecule has 0 amide bonds. The van der Waals surface area contributed by atoms with Crippen molar-refractivity contribution >= 4 is 28.9 Å². The maximum Gasteiger partial charge on any atom is 0.303 e. The number of rotatable bonds is 6. The van der Waals surface area contributed by atoms with Gasteiger partial charge in [-0.15, -0.1) is 0 Å². The minimum Gasteiger partial charge on any atom is -0.495 e. The number of para-hydroxylation sites is 2. The highest BCUT2D eigenvalue weighted by Gasteiger charge is 2.59. The van der Waals surface area contributed by atoms with Crippen LogP contribution < -0.4 is 20.1 Å². The Bertz CT molecular complexity index is 1220. The van der Waals surface area contributed by atoms with Crippen molar-refractivity contribution < 1.29 is 14.6 Å². The second-order valence-electron chi connectivity index (χ2n) is 11.5. The van der Waals surface area contributed by atoms with Gasteiger partial charge in [-0.2, -0.15) is 5.10 Å². The van der Waals surface area contributed by atoms with E-state index in [4.69, 9.17) is 21.4 Å².